The van der Waals surface area contributed by atoms with E-state index >= 15 is 0 Å². The van der Waals surface area contributed by atoms with Crippen molar-refractivity contribution in [1.82, 2.24) is 0 Å². The Labute approximate surface area is 218 Å². The van der Waals surface area contributed by atoms with Crippen LogP contribution in [0.1, 0.15) is 0 Å². The number of para-hydroxylation sites is 1. The van der Waals surface area contributed by atoms with E-state index in [0.717, 1.165) is 17.1 Å². The molecule has 0 radical (unpaired) electrons. The molecule has 0 aliphatic carbocycles. The van der Waals surface area contributed by atoms with Crippen LogP contribution in [-0.2, 0) is 0 Å². The fraction of sp³-hybridized carbons (Fsp3) is 0. The molecule has 0 N–H and O–H groups in total. The molecule has 0 aromatic heterocycles. The summed E-state index contributed by atoms with van der Waals surface area (Å²) in [4.78, 5) is 2.30. The van der Waals surface area contributed by atoms with Gasteiger partial charge >= 0.3 is 0 Å². The van der Waals surface area contributed by atoms with Crippen molar-refractivity contribution >= 4 is 17.1 Å². The minimum absolute atomic E-state index is 1.13. The SMILES string of the molecule is c1ccc(-c2ccc(-c3ccc(N(c4ccccc4)c4ccc(-c5ccccc5)cc4)cc3)cc2)cc1. The maximum atomic E-state index is 2.30. The van der Waals surface area contributed by atoms with Crippen LogP contribution in [0.15, 0.2) is 164 Å². The fourth-order valence-electron chi connectivity index (χ4n) is 4.75. The van der Waals surface area contributed by atoms with Gasteiger partial charge in [0.2, 0.25) is 0 Å². The van der Waals surface area contributed by atoms with Crippen molar-refractivity contribution in [3.8, 4) is 33.4 Å². The highest BCUT2D eigenvalue weighted by molar-refractivity contribution is 5.80. The van der Waals surface area contributed by atoms with Gasteiger partial charge in [0.25, 0.3) is 0 Å². The van der Waals surface area contributed by atoms with Crippen LogP contribution in [0, 0.1) is 0 Å². The van der Waals surface area contributed by atoms with E-state index in [2.05, 4.69) is 169 Å². The first-order valence-electron chi connectivity index (χ1n) is 12.6. The zero-order valence-corrected chi connectivity index (χ0v) is 20.5. The summed E-state index contributed by atoms with van der Waals surface area (Å²) >= 11 is 0. The molecule has 0 atom stereocenters. The van der Waals surface area contributed by atoms with E-state index in [1.165, 1.54) is 33.4 Å². The van der Waals surface area contributed by atoms with Crippen molar-refractivity contribution in [2.24, 2.45) is 0 Å². The van der Waals surface area contributed by atoms with E-state index in [9.17, 15) is 0 Å². The summed E-state index contributed by atoms with van der Waals surface area (Å²) in [5, 5.41) is 0. The Bertz CT molecular complexity index is 1550. The van der Waals surface area contributed by atoms with Crippen molar-refractivity contribution in [3.05, 3.63) is 164 Å². The second-order valence-electron chi connectivity index (χ2n) is 9.07. The van der Waals surface area contributed by atoms with Crippen molar-refractivity contribution in [2.45, 2.75) is 0 Å². The molecule has 1 nitrogen and oxygen atoms in total. The van der Waals surface area contributed by atoms with Gasteiger partial charge in [0.1, 0.15) is 0 Å². The third-order valence-electron chi connectivity index (χ3n) is 6.70. The molecule has 1 heteroatoms. The van der Waals surface area contributed by atoms with Gasteiger partial charge in [-0.25, -0.2) is 0 Å². The maximum absolute atomic E-state index is 2.30. The summed E-state index contributed by atoms with van der Waals surface area (Å²) in [6, 6.07) is 58.0. The van der Waals surface area contributed by atoms with Crippen molar-refractivity contribution < 1.29 is 0 Å². The summed E-state index contributed by atoms with van der Waals surface area (Å²) in [5.74, 6) is 0. The predicted molar refractivity (Wildman–Crippen MR) is 157 cm³/mol. The first kappa shape index (κ1) is 22.6. The molecule has 6 aromatic carbocycles. The van der Waals surface area contributed by atoms with Gasteiger partial charge in [-0.1, -0.05) is 127 Å². The van der Waals surface area contributed by atoms with Gasteiger partial charge in [-0.3, -0.25) is 0 Å². The second kappa shape index (κ2) is 10.4. The van der Waals surface area contributed by atoms with Gasteiger partial charge in [0, 0.05) is 17.1 Å². The van der Waals surface area contributed by atoms with Crippen molar-refractivity contribution in [1.29, 1.82) is 0 Å². The lowest BCUT2D eigenvalue weighted by molar-refractivity contribution is 1.28. The first-order chi connectivity index (χ1) is 18.3. The number of rotatable bonds is 6. The zero-order chi connectivity index (χ0) is 24.9. The predicted octanol–water partition coefficient (Wildman–Crippen LogP) is 10.2. The van der Waals surface area contributed by atoms with Gasteiger partial charge in [-0.15, -0.1) is 0 Å². The van der Waals surface area contributed by atoms with Gasteiger partial charge in [0.15, 0.2) is 0 Å². The molecule has 0 spiro atoms. The van der Waals surface area contributed by atoms with E-state index in [0.29, 0.717) is 0 Å². The molecule has 0 saturated heterocycles. The number of hydrogen-bond donors (Lipinski definition) is 0. The van der Waals surface area contributed by atoms with E-state index in [1.807, 2.05) is 0 Å². The molecule has 0 aliphatic rings. The molecule has 37 heavy (non-hydrogen) atoms. The highest BCUT2D eigenvalue weighted by Crippen LogP contribution is 2.36. The Morgan fingerprint density at radius 2 is 0.459 bits per heavy atom. The lowest BCUT2D eigenvalue weighted by Crippen LogP contribution is -2.09. The molecule has 0 aliphatic heterocycles. The number of nitrogens with zero attached hydrogens (tertiary/aromatic N) is 1. The summed E-state index contributed by atoms with van der Waals surface area (Å²) < 4.78 is 0. The van der Waals surface area contributed by atoms with Crippen LogP contribution in [0.3, 0.4) is 0 Å². The van der Waals surface area contributed by atoms with Crippen LogP contribution in [0.25, 0.3) is 33.4 Å². The van der Waals surface area contributed by atoms with Crippen LogP contribution in [0.4, 0.5) is 17.1 Å². The lowest BCUT2D eigenvalue weighted by atomic mass is 10.00. The van der Waals surface area contributed by atoms with Crippen LogP contribution in [-0.4, -0.2) is 0 Å². The normalized spacial score (nSPS) is 10.7. The third-order valence-corrected chi connectivity index (χ3v) is 6.70. The summed E-state index contributed by atoms with van der Waals surface area (Å²) in [6.07, 6.45) is 0. The maximum Gasteiger partial charge on any atom is 0.0462 e. The van der Waals surface area contributed by atoms with Crippen molar-refractivity contribution in [3.63, 3.8) is 0 Å². The van der Waals surface area contributed by atoms with Crippen LogP contribution >= 0.6 is 0 Å². The third kappa shape index (κ3) is 4.94. The lowest BCUT2D eigenvalue weighted by Gasteiger charge is -2.26. The molecular formula is C36H27N. The molecule has 0 amide bonds. The van der Waals surface area contributed by atoms with E-state index < -0.39 is 0 Å². The van der Waals surface area contributed by atoms with Gasteiger partial charge in [-0.2, -0.15) is 0 Å². The van der Waals surface area contributed by atoms with Crippen LogP contribution in [0.2, 0.25) is 0 Å². The largest absolute Gasteiger partial charge is 0.311 e. The Hall–Kier alpha value is -4.88. The summed E-state index contributed by atoms with van der Waals surface area (Å²) in [7, 11) is 0. The van der Waals surface area contributed by atoms with Crippen LogP contribution < -0.4 is 4.90 Å². The van der Waals surface area contributed by atoms with Gasteiger partial charge < -0.3 is 4.90 Å². The Kier molecular flexibility index (Phi) is 6.34. The molecule has 0 heterocycles. The molecule has 0 fully saturated rings. The zero-order valence-electron chi connectivity index (χ0n) is 20.5. The number of hydrogen-bond acceptors (Lipinski definition) is 1. The molecule has 0 unspecified atom stereocenters. The average Bonchev–Trinajstić information content (AvgIpc) is 3.00. The molecule has 176 valence electrons. The fourth-order valence-corrected chi connectivity index (χ4v) is 4.75. The first-order valence-corrected chi connectivity index (χ1v) is 12.6. The number of anilines is 3. The minimum atomic E-state index is 1.13. The molecule has 0 saturated carbocycles. The summed E-state index contributed by atoms with van der Waals surface area (Å²) in [6.45, 7) is 0. The highest BCUT2D eigenvalue weighted by atomic mass is 15.1. The monoisotopic (exact) mass is 473 g/mol. The molecule has 0 bridgehead atoms. The van der Waals surface area contributed by atoms with Gasteiger partial charge in [0.05, 0.1) is 0 Å². The van der Waals surface area contributed by atoms with Gasteiger partial charge in [-0.05, 0) is 69.8 Å². The second-order valence-corrected chi connectivity index (χ2v) is 9.07. The molecule has 6 rings (SSSR count). The number of benzene rings is 6. The average molecular weight is 474 g/mol. The van der Waals surface area contributed by atoms with Crippen LogP contribution in [0.5, 0.6) is 0 Å². The highest BCUT2D eigenvalue weighted by Gasteiger charge is 2.13. The Morgan fingerprint density at radius 3 is 0.811 bits per heavy atom. The van der Waals surface area contributed by atoms with E-state index in [4.69, 9.17) is 0 Å². The van der Waals surface area contributed by atoms with E-state index in [1.54, 1.807) is 0 Å². The molecule has 6 aromatic rings. The van der Waals surface area contributed by atoms with Crippen molar-refractivity contribution in [2.75, 3.05) is 4.90 Å². The standard InChI is InChI=1S/C36H27N/c1-4-10-28(11-5-1)30-16-18-31(19-17-30)33-22-26-36(27-23-33)37(34-14-8-3-9-15-34)35-24-20-32(21-25-35)29-12-6-2-7-13-29/h1-27H. The topological polar surface area (TPSA) is 3.24 Å². The Balaban J connectivity index is 1.31. The van der Waals surface area contributed by atoms with E-state index in [-0.39, 0.29) is 0 Å². The quantitative estimate of drug-likeness (QED) is 0.233. The molecular weight excluding hydrogens is 446 g/mol. The Morgan fingerprint density at radius 1 is 0.216 bits per heavy atom. The minimum Gasteiger partial charge on any atom is -0.311 e. The smallest absolute Gasteiger partial charge is 0.0462 e. The summed E-state index contributed by atoms with van der Waals surface area (Å²) in [5.41, 5.74) is 10.7.